The van der Waals surface area contributed by atoms with Gasteiger partial charge in [0.2, 0.25) is 0 Å². The van der Waals surface area contributed by atoms with Gasteiger partial charge in [0.25, 0.3) is 0 Å². The molecular weight excluding hydrogens is 315 g/mol. The first-order valence-electron chi connectivity index (χ1n) is 4.06. The summed E-state index contributed by atoms with van der Waals surface area (Å²) >= 11 is -0.0650. The van der Waals surface area contributed by atoms with Gasteiger partial charge in [-0.1, -0.05) is 0 Å². The maximum absolute atomic E-state index is 10.8. The van der Waals surface area contributed by atoms with Crippen molar-refractivity contribution in [3.05, 3.63) is 23.3 Å². The van der Waals surface area contributed by atoms with Crippen LogP contribution in [0.3, 0.4) is 0 Å². The number of thioether (sulfide) groups is 1. The van der Waals surface area contributed by atoms with Crippen LogP contribution in [0, 0.1) is 11.5 Å². The molecule has 1 heterocycles. The van der Waals surface area contributed by atoms with E-state index in [0.717, 1.165) is 8.16 Å². The second kappa shape index (κ2) is 5.39. The van der Waals surface area contributed by atoms with Crippen molar-refractivity contribution in [1.82, 2.24) is 2.89 Å². The Bertz CT molecular complexity index is 409. The molecule has 0 saturated heterocycles. The topological polar surface area (TPSA) is 96.1 Å². The van der Waals surface area contributed by atoms with E-state index in [1.165, 1.54) is 11.8 Å². The van der Waals surface area contributed by atoms with E-state index in [9.17, 15) is 4.79 Å². The van der Waals surface area contributed by atoms with E-state index in [2.05, 4.69) is 12.8 Å². The molecule has 1 aliphatic rings. The third-order valence-electron chi connectivity index (χ3n) is 1.71. The van der Waals surface area contributed by atoms with E-state index < -0.39 is 28.6 Å². The van der Waals surface area contributed by atoms with E-state index in [0.29, 0.717) is 11.4 Å². The summed E-state index contributed by atoms with van der Waals surface area (Å²) in [7, 11) is 0. The zero-order valence-corrected chi connectivity index (χ0v) is 12.0. The molecule has 0 aromatic heterocycles. The molecule has 1 aliphatic heterocycles. The molecule has 15 heavy (non-hydrogen) atoms. The van der Waals surface area contributed by atoms with E-state index in [-0.39, 0.29) is 0 Å². The number of primary amides is 1. The van der Waals surface area contributed by atoms with Gasteiger partial charge < -0.3 is 0 Å². The predicted octanol–water partition coefficient (Wildman–Crippen LogP) is -0.893. The molecular formula is C8H9InN4OS. The van der Waals surface area contributed by atoms with Crippen molar-refractivity contribution in [1.29, 1.82) is 5.26 Å². The standard InChI is InChI=1S/C8H10N4OS.In/c1-6(8(11)13)14-4-7(2-9)3-12-5-10;/h3,10H,1-2,9H2,(H2,11,13);/q;+1/p-1. The molecule has 0 atom stereocenters. The van der Waals surface area contributed by atoms with Crippen molar-refractivity contribution < 1.29 is 4.79 Å². The van der Waals surface area contributed by atoms with Crippen LogP contribution < -0.4 is 11.5 Å². The fraction of sp³-hybridized carbons (Fsp3) is 0.125. The van der Waals surface area contributed by atoms with Crippen LogP contribution in [-0.2, 0) is 4.79 Å². The fourth-order valence-electron chi connectivity index (χ4n) is 0.964. The summed E-state index contributed by atoms with van der Waals surface area (Å²) < 4.78 is 2.67. The molecule has 0 saturated carbocycles. The molecule has 0 fully saturated rings. The molecule has 5 nitrogen and oxygen atoms in total. The first-order valence-corrected chi connectivity index (χ1v) is 8.00. The Morgan fingerprint density at radius 1 is 1.80 bits per heavy atom. The van der Waals surface area contributed by atoms with Gasteiger partial charge in [0, 0.05) is 0 Å². The average molecular weight is 324 g/mol. The average Bonchev–Trinajstić information content (AvgIpc) is 2.60. The van der Waals surface area contributed by atoms with Gasteiger partial charge in [0.15, 0.2) is 0 Å². The van der Waals surface area contributed by atoms with Crippen LogP contribution in [0.25, 0.3) is 0 Å². The van der Waals surface area contributed by atoms with Crippen LogP contribution in [0.5, 0.6) is 0 Å². The Kier molecular flexibility index (Phi) is 4.45. The molecule has 0 radical (unpaired) electrons. The number of nitriles is 1. The maximum atomic E-state index is 10.8. The summed E-state index contributed by atoms with van der Waals surface area (Å²) in [5.74, 6) is -0.526. The normalized spacial score (nSPS) is 13.7. The molecule has 0 aliphatic carbocycles. The molecule has 1 rings (SSSR count). The first-order chi connectivity index (χ1) is 7.08. The van der Waals surface area contributed by atoms with Crippen LogP contribution in [0.2, 0.25) is 0 Å². The molecule has 7 heteroatoms. The Balaban J connectivity index is 2.80. The first kappa shape index (κ1) is 12.4. The zero-order valence-electron chi connectivity index (χ0n) is 7.93. The summed E-state index contributed by atoms with van der Waals surface area (Å²) in [4.78, 5) is 11.1. The van der Waals surface area contributed by atoms with Gasteiger partial charge in [0.1, 0.15) is 0 Å². The van der Waals surface area contributed by atoms with E-state index in [1.54, 1.807) is 9.09 Å². The number of hydrogen-bond acceptors (Lipinski definition) is 5. The van der Waals surface area contributed by atoms with Crippen LogP contribution in [-0.4, -0.2) is 40.6 Å². The molecule has 0 bridgehead atoms. The molecule has 0 aromatic carbocycles. The SMILES string of the molecule is C=C(S[C]1=[In][N](C#N)C=C1CN)C(N)=O. The monoisotopic (exact) mass is 324 g/mol. The minimum absolute atomic E-state index is 0.301. The number of hydrogen-bond donors (Lipinski definition) is 2. The van der Waals surface area contributed by atoms with Gasteiger partial charge in [0.05, 0.1) is 0 Å². The van der Waals surface area contributed by atoms with Crippen molar-refractivity contribution >= 4 is 43.0 Å². The van der Waals surface area contributed by atoms with Crippen molar-refractivity contribution in [2.24, 2.45) is 11.5 Å². The second-order valence-electron chi connectivity index (χ2n) is 2.75. The van der Waals surface area contributed by atoms with Crippen LogP contribution in [0.1, 0.15) is 0 Å². The van der Waals surface area contributed by atoms with Crippen LogP contribution >= 0.6 is 11.8 Å². The Hall–Kier alpha value is -0.710. The van der Waals surface area contributed by atoms with E-state index in [1.807, 2.05) is 0 Å². The summed E-state index contributed by atoms with van der Waals surface area (Å²) in [5, 5.41) is 8.74. The third kappa shape index (κ3) is 3.12. The quantitative estimate of drug-likeness (QED) is 0.516. The van der Waals surface area contributed by atoms with E-state index in [4.69, 9.17) is 16.7 Å². The van der Waals surface area contributed by atoms with Gasteiger partial charge in [-0.25, -0.2) is 0 Å². The second-order valence-corrected chi connectivity index (χ2v) is 9.05. The number of carbonyl (C=O) groups excluding carboxylic acids is 1. The summed E-state index contributed by atoms with van der Waals surface area (Å²) in [6.45, 7) is 3.94. The summed E-state index contributed by atoms with van der Waals surface area (Å²) in [6.07, 6.45) is 3.81. The zero-order chi connectivity index (χ0) is 11.4. The van der Waals surface area contributed by atoms with Crippen molar-refractivity contribution in [2.45, 2.75) is 0 Å². The molecule has 0 aromatic rings. The number of amides is 1. The van der Waals surface area contributed by atoms with Gasteiger partial charge >= 0.3 is 103 Å². The number of rotatable bonds is 4. The third-order valence-corrected chi connectivity index (χ3v) is 7.63. The number of carbonyl (C=O) groups is 1. The fourth-order valence-corrected chi connectivity index (χ4v) is 6.72. The van der Waals surface area contributed by atoms with Crippen molar-refractivity contribution in [2.75, 3.05) is 6.54 Å². The number of nitrogens with two attached hydrogens (primary N) is 2. The van der Waals surface area contributed by atoms with Crippen LogP contribution in [0.4, 0.5) is 0 Å². The Morgan fingerprint density at radius 2 is 2.47 bits per heavy atom. The van der Waals surface area contributed by atoms with Crippen molar-refractivity contribution in [3.63, 3.8) is 0 Å². The van der Waals surface area contributed by atoms with E-state index >= 15 is 0 Å². The molecule has 0 unspecified atom stereocenters. The minimum atomic E-state index is -1.32. The van der Waals surface area contributed by atoms with Crippen LogP contribution in [0.15, 0.2) is 23.3 Å². The molecule has 76 valence electrons. The van der Waals surface area contributed by atoms with Gasteiger partial charge in [-0.3, -0.25) is 0 Å². The summed E-state index contributed by atoms with van der Waals surface area (Å²) in [6, 6.07) is 0. The molecule has 0 spiro atoms. The predicted molar refractivity (Wildman–Crippen MR) is 61.3 cm³/mol. The molecule has 1 amide bonds. The molecule has 4 N–H and O–H groups in total. The van der Waals surface area contributed by atoms with Gasteiger partial charge in [-0.15, -0.1) is 0 Å². The number of nitrogens with zero attached hydrogens (tertiary/aromatic N) is 2. The summed E-state index contributed by atoms with van der Waals surface area (Å²) in [5.41, 5.74) is 11.5. The Labute approximate surface area is 103 Å². The Morgan fingerprint density at radius 3 is 2.93 bits per heavy atom. The van der Waals surface area contributed by atoms with Crippen molar-refractivity contribution in [3.8, 4) is 6.19 Å². The van der Waals surface area contributed by atoms with Gasteiger partial charge in [-0.2, -0.15) is 0 Å². The van der Waals surface area contributed by atoms with Gasteiger partial charge in [-0.05, 0) is 0 Å².